The van der Waals surface area contributed by atoms with Crippen molar-refractivity contribution in [1.82, 2.24) is 20.4 Å². The highest BCUT2D eigenvalue weighted by Crippen LogP contribution is 2.31. The van der Waals surface area contributed by atoms with Crippen molar-refractivity contribution in [1.29, 1.82) is 0 Å². The minimum Gasteiger partial charge on any atom is -0.337 e. The number of rotatable bonds is 5. The van der Waals surface area contributed by atoms with Gasteiger partial charge in [0, 0.05) is 19.5 Å². The van der Waals surface area contributed by atoms with E-state index < -0.39 is 0 Å². The number of hydrogen-bond donors (Lipinski definition) is 1. The van der Waals surface area contributed by atoms with Crippen LogP contribution in [0.3, 0.4) is 0 Å². The van der Waals surface area contributed by atoms with Crippen molar-refractivity contribution >= 4 is 5.91 Å². The molecule has 1 aliphatic rings. The van der Waals surface area contributed by atoms with E-state index in [1.54, 1.807) is 4.90 Å². The van der Waals surface area contributed by atoms with E-state index in [4.69, 9.17) is 4.52 Å². The molecule has 1 aromatic heterocycles. The molecule has 0 saturated carbocycles. The summed E-state index contributed by atoms with van der Waals surface area (Å²) < 4.78 is 5.32. The zero-order chi connectivity index (χ0) is 14.8. The molecule has 20 heavy (non-hydrogen) atoms. The summed E-state index contributed by atoms with van der Waals surface area (Å²) in [6.45, 7) is 10.6. The van der Waals surface area contributed by atoms with Crippen LogP contribution >= 0.6 is 0 Å². The summed E-state index contributed by atoms with van der Waals surface area (Å²) in [6.07, 6.45) is 1.34. The van der Waals surface area contributed by atoms with Gasteiger partial charge in [0.1, 0.15) is 6.04 Å². The fourth-order valence-electron chi connectivity index (χ4n) is 2.41. The average molecular weight is 280 g/mol. The quantitative estimate of drug-likeness (QED) is 0.891. The van der Waals surface area contributed by atoms with Gasteiger partial charge < -0.3 is 14.7 Å². The number of aromatic nitrogens is 2. The third kappa shape index (κ3) is 3.56. The number of amides is 1. The van der Waals surface area contributed by atoms with Crippen LogP contribution in [0.4, 0.5) is 0 Å². The molecule has 0 aromatic carbocycles. The first kappa shape index (κ1) is 15.0. The molecule has 0 unspecified atom stereocenters. The number of nitrogens with zero attached hydrogens (tertiary/aromatic N) is 3. The monoisotopic (exact) mass is 280 g/mol. The molecule has 2 rings (SSSR count). The van der Waals surface area contributed by atoms with Gasteiger partial charge in [-0.3, -0.25) is 4.79 Å². The Balaban J connectivity index is 1.94. The Morgan fingerprint density at radius 2 is 2.20 bits per heavy atom. The van der Waals surface area contributed by atoms with Crippen LogP contribution in [0.15, 0.2) is 4.52 Å². The van der Waals surface area contributed by atoms with Gasteiger partial charge in [-0.2, -0.15) is 4.98 Å². The second-order valence-corrected chi connectivity index (χ2v) is 6.45. The smallest absolute Gasteiger partial charge is 0.249 e. The van der Waals surface area contributed by atoms with Gasteiger partial charge in [-0.05, 0) is 18.8 Å². The van der Waals surface area contributed by atoms with Gasteiger partial charge in [0.2, 0.25) is 11.8 Å². The zero-order valence-electron chi connectivity index (χ0n) is 12.8. The van der Waals surface area contributed by atoms with E-state index in [9.17, 15) is 4.79 Å². The van der Waals surface area contributed by atoms with Crippen LogP contribution < -0.4 is 5.32 Å². The first-order valence-electron chi connectivity index (χ1n) is 7.23. The maximum atomic E-state index is 11.7. The Hall–Kier alpha value is -1.43. The summed E-state index contributed by atoms with van der Waals surface area (Å²) in [5.41, 5.74) is 0.226. The van der Waals surface area contributed by atoms with Crippen LogP contribution in [0.2, 0.25) is 0 Å². The predicted molar refractivity (Wildman–Crippen MR) is 74.8 cm³/mol. The molecule has 6 heteroatoms. The molecule has 0 radical (unpaired) electrons. The van der Waals surface area contributed by atoms with E-state index in [1.165, 1.54) is 0 Å². The van der Waals surface area contributed by atoms with Crippen LogP contribution in [-0.2, 0) is 11.3 Å². The van der Waals surface area contributed by atoms with E-state index in [0.717, 1.165) is 13.0 Å². The van der Waals surface area contributed by atoms with Gasteiger partial charge in [-0.25, -0.2) is 0 Å². The van der Waals surface area contributed by atoms with E-state index in [1.807, 2.05) is 6.92 Å². The lowest BCUT2D eigenvalue weighted by molar-refractivity contribution is -0.129. The van der Waals surface area contributed by atoms with Gasteiger partial charge in [-0.1, -0.05) is 25.9 Å². The maximum absolute atomic E-state index is 11.7. The minimum atomic E-state index is -0.0450. The third-order valence-electron chi connectivity index (χ3n) is 3.38. The average Bonchev–Trinajstić information content (AvgIpc) is 2.94. The Morgan fingerprint density at radius 1 is 1.45 bits per heavy atom. The van der Waals surface area contributed by atoms with Crippen molar-refractivity contribution in [2.24, 2.45) is 5.41 Å². The Kier molecular flexibility index (Phi) is 4.42. The molecule has 6 nitrogen and oxygen atoms in total. The second-order valence-electron chi connectivity index (χ2n) is 6.45. The van der Waals surface area contributed by atoms with E-state index in [-0.39, 0.29) is 17.4 Å². The molecule has 112 valence electrons. The van der Waals surface area contributed by atoms with Crippen molar-refractivity contribution in [3.05, 3.63) is 11.7 Å². The summed E-state index contributed by atoms with van der Waals surface area (Å²) in [4.78, 5) is 17.9. The van der Waals surface area contributed by atoms with Gasteiger partial charge in [0.15, 0.2) is 5.82 Å². The minimum absolute atomic E-state index is 0.0450. The van der Waals surface area contributed by atoms with Gasteiger partial charge in [0.25, 0.3) is 0 Å². The predicted octanol–water partition coefficient (Wildman–Crippen LogP) is 1.89. The van der Waals surface area contributed by atoms with Gasteiger partial charge >= 0.3 is 0 Å². The molecule has 1 aromatic rings. The van der Waals surface area contributed by atoms with Crippen LogP contribution in [0.5, 0.6) is 0 Å². The summed E-state index contributed by atoms with van der Waals surface area (Å²) >= 11 is 0. The van der Waals surface area contributed by atoms with Gasteiger partial charge in [-0.15, -0.1) is 0 Å². The standard InChI is InChI=1S/C14H24N4O2/c1-5-18-10(6-7-12(18)19)13-16-11(17-20-13)8-15-9-14(2,3)4/h10,15H,5-9H2,1-4H3/t10-/m0/s1. The largest absolute Gasteiger partial charge is 0.337 e. The Morgan fingerprint density at radius 3 is 2.85 bits per heavy atom. The lowest BCUT2D eigenvalue weighted by atomic mass is 9.97. The van der Waals surface area contributed by atoms with E-state index in [2.05, 4.69) is 36.2 Å². The fourth-order valence-corrected chi connectivity index (χ4v) is 2.41. The highest BCUT2D eigenvalue weighted by atomic mass is 16.5. The summed E-state index contributed by atoms with van der Waals surface area (Å²) in [6, 6.07) is -0.0450. The molecule has 1 saturated heterocycles. The number of carbonyl (C=O) groups excluding carboxylic acids is 1. The van der Waals surface area contributed by atoms with Crippen molar-refractivity contribution in [2.45, 2.75) is 53.1 Å². The number of hydrogen-bond acceptors (Lipinski definition) is 5. The lowest BCUT2D eigenvalue weighted by Gasteiger charge is -2.19. The first-order chi connectivity index (χ1) is 9.40. The lowest BCUT2D eigenvalue weighted by Crippen LogP contribution is -2.28. The molecule has 1 amide bonds. The molecule has 1 aliphatic heterocycles. The molecule has 0 bridgehead atoms. The van der Waals surface area contributed by atoms with Crippen LogP contribution in [-0.4, -0.2) is 34.0 Å². The zero-order valence-corrected chi connectivity index (χ0v) is 12.8. The van der Waals surface area contributed by atoms with Crippen molar-refractivity contribution in [3.63, 3.8) is 0 Å². The highest BCUT2D eigenvalue weighted by molar-refractivity contribution is 5.78. The molecule has 0 spiro atoms. The molecule has 0 aliphatic carbocycles. The molecule has 1 atom stereocenters. The van der Waals surface area contributed by atoms with E-state index >= 15 is 0 Å². The Bertz CT molecular complexity index is 464. The second kappa shape index (κ2) is 5.91. The topological polar surface area (TPSA) is 71.3 Å². The maximum Gasteiger partial charge on any atom is 0.249 e. The number of likely N-dealkylation sites (tertiary alicyclic amines) is 1. The summed E-state index contributed by atoms with van der Waals surface area (Å²) in [7, 11) is 0. The fraction of sp³-hybridized carbons (Fsp3) is 0.786. The number of nitrogens with one attached hydrogen (secondary N) is 1. The Labute approximate surface area is 119 Å². The molecule has 1 fully saturated rings. The van der Waals surface area contributed by atoms with Crippen LogP contribution in [0.25, 0.3) is 0 Å². The third-order valence-corrected chi connectivity index (χ3v) is 3.38. The summed E-state index contributed by atoms with van der Waals surface area (Å²) in [5, 5.41) is 7.30. The normalized spacial score (nSPS) is 19.9. The number of carbonyl (C=O) groups is 1. The van der Waals surface area contributed by atoms with Crippen LogP contribution in [0, 0.1) is 5.41 Å². The summed E-state index contributed by atoms with van der Waals surface area (Å²) in [5.74, 6) is 1.38. The van der Waals surface area contributed by atoms with Gasteiger partial charge in [0.05, 0.1) is 6.54 Å². The van der Waals surface area contributed by atoms with E-state index in [0.29, 0.717) is 31.2 Å². The van der Waals surface area contributed by atoms with Crippen LogP contribution in [0.1, 0.15) is 58.3 Å². The molecular weight excluding hydrogens is 256 g/mol. The SMILES string of the molecule is CCN1C(=O)CC[C@H]1c1nc(CNCC(C)(C)C)no1. The van der Waals surface area contributed by atoms with Crippen molar-refractivity contribution in [2.75, 3.05) is 13.1 Å². The molecule has 2 heterocycles. The molecular formula is C14H24N4O2. The highest BCUT2D eigenvalue weighted by Gasteiger charge is 2.34. The molecule has 1 N–H and O–H groups in total. The first-order valence-corrected chi connectivity index (χ1v) is 7.23. The van der Waals surface area contributed by atoms with Crippen molar-refractivity contribution in [3.8, 4) is 0 Å². The van der Waals surface area contributed by atoms with Crippen molar-refractivity contribution < 1.29 is 9.32 Å².